The molecule has 0 bridgehead atoms. The summed E-state index contributed by atoms with van der Waals surface area (Å²) in [7, 11) is 2.10. The zero-order chi connectivity index (χ0) is 29.8. The summed E-state index contributed by atoms with van der Waals surface area (Å²) >= 11 is 1.45. The van der Waals surface area contributed by atoms with E-state index >= 15 is 4.39 Å². The summed E-state index contributed by atoms with van der Waals surface area (Å²) in [6.07, 6.45) is 2.76. The highest BCUT2D eigenvalue weighted by molar-refractivity contribution is 7.23. The SMILES string of the molecule is CN1CCC(NC(=O)c2ccc3c(c2)sc2nc(-c4ccc([C@H]5C[C@H](O)CN5C(=O)OC(C)(C)C)cc4F)cn23)CC1. The molecule has 9 nitrogen and oxygen atoms in total. The lowest BCUT2D eigenvalue weighted by Crippen LogP contribution is -2.43. The van der Waals surface area contributed by atoms with Crippen LogP contribution in [0.15, 0.2) is 42.6 Å². The number of halogens is 1. The molecule has 4 aromatic rings. The molecule has 2 fully saturated rings. The molecule has 222 valence electrons. The first kappa shape index (κ1) is 28.6. The number of aromatic nitrogens is 2. The Hall–Kier alpha value is -3.54. The molecule has 42 heavy (non-hydrogen) atoms. The monoisotopic (exact) mass is 593 g/mol. The normalized spacial score (nSPS) is 20.5. The van der Waals surface area contributed by atoms with Crippen LogP contribution in [0.2, 0.25) is 0 Å². The van der Waals surface area contributed by atoms with Crippen LogP contribution in [0.1, 0.15) is 62.0 Å². The van der Waals surface area contributed by atoms with Crippen LogP contribution in [0.4, 0.5) is 9.18 Å². The average molecular weight is 594 g/mol. The van der Waals surface area contributed by atoms with Crippen molar-refractivity contribution in [3.63, 3.8) is 0 Å². The number of thiazole rings is 1. The van der Waals surface area contributed by atoms with E-state index in [2.05, 4.69) is 17.3 Å². The van der Waals surface area contributed by atoms with E-state index < -0.39 is 29.7 Å². The van der Waals surface area contributed by atoms with Gasteiger partial charge in [-0.1, -0.05) is 17.4 Å². The van der Waals surface area contributed by atoms with Gasteiger partial charge in [-0.3, -0.25) is 14.1 Å². The molecule has 2 aliphatic heterocycles. The van der Waals surface area contributed by atoms with Gasteiger partial charge in [0.05, 0.1) is 34.6 Å². The predicted molar refractivity (Wildman–Crippen MR) is 160 cm³/mol. The van der Waals surface area contributed by atoms with Gasteiger partial charge in [-0.2, -0.15) is 0 Å². The maximum absolute atomic E-state index is 15.5. The lowest BCUT2D eigenvalue weighted by Gasteiger charge is -2.29. The van der Waals surface area contributed by atoms with E-state index in [0.717, 1.165) is 36.1 Å². The van der Waals surface area contributed by atoms with Crippen molar-refractivity contribution in [2.45, 2.75) is 63.8 Å². The number of piperidine rings is 1. The first-order valence-corrected chi connectivity index (χ1v) is 15.2. The zero-order valence-electron chi connectivity index (χ0n) is 24.3. The Kier molecular flexibility index (Phi) is 7.44. The maximum atomic E-state index is 15.5. The number of aliphatic hydroxyl groups is 1. The fourth-order valence-corrected chi connectivity index (χ4v) is 6.84. The van der Waals surface area contributed by atoms with Crippen LogP contribution >= 0.6 is 11.3 Å². The number of fused-ring (bicyclic) bond motifs is 3. The minimum absolute atomic E-state index is 0.0691. The largest absolute Gasteiger partial charge is 0.444 e. The second-order valence-corrected chi connectivity index (χ2v) is 13.4. The molecular formula is C31H36FN5O4S. The third kappa shape index (κ3) is 5.73. The Morgan fingerprint density at radius 3 is 2.62 bits per heavy atom. The van der Waals surface area contributed by atoms with E-state index in [0.29, 0.717) is 33.8 Å². The standard InChI is InChI=1S/C31H36FN5O4S/c1-31(2,3)41-30(40)37-16-21(38)15-26(37)18-5-7-22(23(32)13-18)24-17-36-25-8-6-19(14-27(25)42-29(36)34-24)28(39)33-20-9-11-35(4)12-10-20/h5-8,13-14,17,20-21,26,38H,9-12,15-16H2,1-4H3,(H,33,39)/t21-,26+/m0/s1. The highest BCUT2D eigenvalue weighted by Crippen LogP contribution is 2.36. The number of nitrogens with zero attached hydrogens (tertiary/aromatic N) is 4. The molecular weight excluding hydrogens is 557 g/mol. The Bertz CT molecular complexity index is 1650. The number of carbonyl (C=O) groups excluding carboxylic acids is 2. The molecule has 11 heteroatoms. The molecule has 2 N–H and O–H groups in total. The topological polar surface area (TPSA) is 99.4 Å². The van der Waals surface area contributed by atoms with E-state index in [9.17, 15) is 14.7 Å². The Balaban J connectivity index is 1.21. The predicted octanol–water partition coefficient (Wildman–Crippen LogP) is 5.22. The molecule has 2 saturated heterocycles. The molecule has 0 spiro atoms. The van der Waals surface area contributed by atoms with Gasteiger partial charge in [0.25, 0.3) is 5.91 Å². The van der Waals surface area contributed by atoms with Crippen molar-refractivity contribution in [2.75, 3.05) is 26.7 Å². The molecule has 6 rings (SSSR count). The van der Waals surface area contributed by atoms with E-state index in [1.807, 2.05) is 22.6 Å². The van der Waals surface area contributed by atoms with Gasteiger partial charge >= 0.3 is 6.09 Å². The second-order valence-electron chi connectivity index (χ2n) is 12.4. The number of hydrogen-bond donors (Lipinski definition) is 2. The molecule has 2 amide bonds. The fourth-order valence-electron chi connectivity index (χ4n) is 5.79. The van der Waals surface area contributed by atoms with Crippen molar-refractivity contribution < 1.29 is 23.8 Å². The summed E-state index contributed by atoms with van der Waals surface area (Å²) in [5.74, 6) is -0.527. The van der Waals surface area contributed by atoms with Crippen molar-refractivity contribution in [1.29, 1.82) is 0 Å². The molecule has 0 radical (unpaired) electrons. The van der Waals surface area contributed by atoms with Gasteiger partial charge in [0, 0.05) is 23.4 Å². The molecule has 0 saturated carbocycles. The Labute approximate surface area is 247 Å². The van der Waals surface area contributed by atoms with Crippen LogP contribution in [-0.4, -0.2) is 80.7 Å². The summed E-state index contributed by atoms with van der Waals surface area (Å²) < 4.78 is 23.9. The number of amides is 2. The number of hydrogen-bond acceptors (Lipinski definition) is 7. The molecule has 0 aliphatic carbocycles. The van der Waals surface area contributed by atoms with E-state index in [4.69, 9.17) is 9.72 Å². The molecule has 2 atom stereocenters. The number of imidazole rings is 1. The first-order valence-electron chi connectivity index (χ1n) is 14.3. The molecule has 2 aromatic heterocycles. The Morgan fingerprint density at radius 2 is 1.90 bits per heavy atom. The van der Waals surface area contributed by atoms with Gasteiger partial charge in [0.2, 0.25) is 0 Å². The van der Waals surface area contributed by atoms with Crippen LogP contribution in [-0.2, 0) is 4.74 Å². The highest BCUT2D eigenvalue weighted by atomic mass is 32.1. The van der Waals surface area contributed by atoms with Crippen LogP contribution in [0, 0.1) is 5.82 Å². The summed E-state index contributed by atoms with van der Waals surface area (Å²) in [6.45, 7) is 7.44. The third-order valence-corrected chi connectivity index (χ3v) is 8.99. The first-order chi connectivity index (χ1) is 19.9. The van der Waals surface area contributed by atoms with Gasteiger partial charge in [-0.05, 0) is 96.1 Å². The number of carbonyl (C=O) groups is 2. The van der Waals surface area contributed by atoms with Crippen LogP contribution in [0.5, 0.6) is 0 Å². The summed E-state index contributed by atoms with van der Waals surface area (Å²) in [4.78, 5) is 34.8. The lowest BCUT2D eigenvalue weighted by atomic mass is 10.0. The van der Waals surface area contributed by atoms with Crippen molar-refractivity contribution in [3.05, 3.63) is 59.5 Å². The Morgan fingerprint density at radius 1 is 1.14 bits per heavy atom. The highest BCUT2D eigenvalue weighted by Gasteiger charge is 2.38. The van der Waals surface area contributed by atoms with Gasteiger partial charge in [0.1, 0.15) is 11.4 Å². The molecule has 0 unspecified atom stereocenters. The van der Waals surface area contributed by atoms with Gasteiger partial charge in [-0.25, -0.2) is 14.2 Å². The zero-order valence-corrected chi connectivity index (χ0v) is 25.1. The van der Waals surface area contributed by atoms with Crippen molar-refractivity contribution >= 4 is 38.5 Å². The van der Waals surface area contributed by atoms with E-state index in [1.165, 1.54) is 22.3 Å². The number of benzene rings is 2. The second kappa shape index (κ2) is 10.9. The van der Waals surface area contributed by atoms with Crippen molar-refractivity contribution in [2.24, 2.45) is 0 Å². The molecule has 4 heterocycles. The maximum Gasteiger partial charge on any atom is 0.410 e. The summed E-state index contributed by atoms with van der Waals surface area (Å²) in [5.41, 5.74) is 2.27. The lowest BCUT2D eigenvalue weighted by molar-refractivity contribution is 0.0206. The van der Waals surface area contributed by atoms with Crippen molar-refractivity contribution in [1.82, 2.24) is 24.5 Å². The molecule has 2 aromatic carbocycles. The number of likely N-dealkylation sites (tertiary alicyclic amines) is 2. The fraction of sp³-hybridized carbons (Fsp3) is 0.452. The van der Waals surface area contributed by atoms with E-state index in [1.54, 1.807) is 39.1 Å². The summed E-state index contributed by atoms with van der Waals surface area (Å²) in [6, 6.07) is 10.2. The quantitative estimate of drug-likeness (QED) is 0.337. The number of rotatable bonds is 4. The summed E-state index contributed by atoms with van der Waals surface area (Å²) in [5, 5.41) is 13.4. The average Bonchev–Trinajstić information content (AvgIpc) is 3.61. The van der Waals surface area contributed by atoms with Crippen LogP contribution < -0.4 is 5.32 Å². The van der Waals surface area contributed by atoms with Crippen LogP contribution in [0.25, 0.3) is 26.4 Å². The number of nitrogens with one attached hydrogen (secondary N) is 1. The van der Waals surface area contributed by atoms with Gasteiger partial charge in [-0.15, -0.1) is 0 Å². The van der Waals surface area contributed by atoms with Gasteiger partial charge in [0.15, 0.2) is 4.96 Å². The third-order valence-electron chi connectivity index (χ3n) is 7.97. The smallest absolute Gasteiger partial charge is 0.410 e. The van der Waals surface area contributed by atoms with Gasteiger partial charge < -0.3 is 20.1 Å². The van der Waals surface area contributed by atoms with E-state index in [-0.39, 0.29) is 18.5 Å². The van der Waals surface area contributed by atoms with Crippen molar-refractivity contribution in [3.8, 4) is 11.3 Å². The minimum Gasteiger partial charge on any atom is -0.444 e. The minimum atomic E-state index is -0.709. The van der Waals surface area contributed by atoms with Crippen LogP contribution in [0.3, 0.4) is 0 Å². The number of aliphatic hydroxyl groups excluding tert-OH is 1. The molecule has 2 aliphatic rings. The number of β-amino-alcohol motifs (C(OH)–C–C–N with tert-alkyl or cyclic N) is 1. The number of ether oxygens (including phenoxy) is 1.